The number of carbonyl (C=O) groups excluding carboxylic acids is 3. The zero-order chi connectivity index (χ0) is 24.2. The van der Waals surface area contributed by atoms with E-state index in [0.717, 1.165) is 69.6 Å². The first-order valence-corrected chi connectivity index (χ1v) is 12.6. The second-order valence-corrected chi connectivity index (χ2v) is 9.21. The monoisotopic (exact) mass is 466 g/mol. The second kappa shape index (κ2) is 19.6. The maximum atomic E-state index is 10.5. The molecule has 3 rings (SSSR count). The summed E-state index contributed by atoms with van der Waals surface area (Å²) in [5.41, 5.74) is 0. The van der Waals surface area contributed by atoms with Crippen molar-refractivity contribution in [1.82, 2.24) is 0 Å². The third-order valence-corrected chi connectivity index (χ3v) is 6.62. The number of aliphatic hydroxyl groups excluding tert-OH is 2. The molecule has 188 valence electrons. The molecule has 8 heteroatoms. The van der Waals surface area contributed by atoms with Gasteiger partial charge in [0.05, 0.1) is 18.7 Å². The van der Waals surface area contributed by atoms with E-state index in [1.807, 2.05) is 0 Å². The van der Waals surface area contributed by atoms with Crippen molar-refractivity contribution in [1.29, 1.82) is 0 Å². The van der Waals surface area contributed by atoms with Crippen molar-refractivity contribution in [2.24, 2.45) is 21.8 Å². The van der Waals surface area contributed by atoms with Crippen LogP contribution in [-0.4, -0.2) is 60.2 Å². The summed E-state index contributed by atoms with van der Waals surface area (Å²) in [6.45, 7) is 1.03. The van der Waals surface area contributed by atoms with Crippen molar-refractivity contribution in [2.75, 3.05) is 19.8 Å². The van der Waals surface area contributed by atoms with Gasteiger partial charge in [0.1, 0.15) is 0 Å². The summed E-state index contributed by atoms with van der Waals surface area (Å²) in [6.07, 6.45) is 18.9. The van der Waals surface area contributed by atoms with E-state index in [-0.39, 0.29) is 31.3 Å². The third kappa shape index (κ3) is 14.8. The number of esters is 1. The summed E-state index contributed by atoms with van der Waals surface area (Å²) >= 11 is 0. The van der Waals surface area contributed by atoms with E-state index in [1.165, 1.54) is 32.1 Å². The number of nitrogens with zero attached hydrogens (tertiary/aromatic N) is 2. The van der Waals surface area contributed by atoms with E-state index >= 15 is 0 Å². The first-order valence-electron chi connectivity index (χ1n) is 12.6. The summed E-state index contributed by atoms with van der Waals surface area (Å²) < 4.78 is 4.76. The van der Waals surface area contributed by atoms with Crippen molar-refractivity contribution in [3.05, 3.63) is 0 Å². The first kappa shape index (κ1) is 29.2. The van der Waals surface area contributed by atoms with E-state index < -0.39 is 0 Å². The number of isocyanates is 2. The fourth-order valence-corrected chi connectivity index (χ4v) is 4.67. The highest BCUT2D eigenvalue weighted by molar-refractivity contribution is 5.69. The van der Waals surface area contributed by atoms with Gasteiger partial charge in [-0.05, 0) is 102 Å². The molecule has 8 nitrogen and oxygen atoms in total. The molecule has 0 radical (unpaired) electrons. The molecule has 2 saturated carbocycles. The topological polar surface area (TPSA) is 126 Å². The van der Waals surface area contributed by atoms with Crippen LogP contribution in [0.5, 0.6) is 0 Å². The number of aliphatic imine (C=N–C) groups is 2. The largest absolute Gasteiger partial charge is 0.466 e. The van der Waals surface area contributed by atoms with Gasteiger partial charge in [-0.1, -0.05) is 0 Å². The van der Waals surface area contributed by atoms with Crippen LogP contribution in [0.3, 0.4) is 0 Å². The molecule has 0 amide bonds. The van der Waals surface area contributed by atoms with Crippen molar-refractivity contribution in [3.63, 3.8) is 0 Å². The molecule has 2 aliphatic carbocycles. The number of cyclic esters (lactones) is 1. The highest BCUT2D eigenvalue weighted by Crippen LogP contribution is 2.36. The Labute approximate surface area is 197 Å². The van der Waals surface area contributed by atoms with E-state index in [1.54, 1.807) is 12.2 Å². The number of ether oxygens (including phenoxy) is 1. The Kier molecular flexibility index (Phi) is 17.3. The fraction of sp³-hybridized carbons (Fsp3) is 0.880. The van der Waals surface area contributed by atoms with Gasteiger partial charge in [0, 0.05) is 19.6 Å². The van der Waals surface area contributed by atoms with Gasteiger partial charge in [0.25, 0.3) is 0 Å². The predicted octanol–water partition coefficient (Wildman–Crippen LogP) is 4.02. The fourth-order valence-electron chi connectivity index (χ4n) is 4.67. The Morgan fingerprint density at radius 2 is 1.24 bits per heavy atom. The normalized spacial score (nSPS) is 27.0. The summed E-state index contributed by atoms with van der Waals surface area (Å²) in [5.74, 6) is 1.57. The zero-order valence-electron chi connectivity index (χ0n) is 20.0. The lowest BCUT2D eigenvalue weighted by molar-refractivity contribution is -0.142. The molecule has 0 aromatic heterocycles. The smallest absolute Gasteiger partial charge is 0.305 e. The summed E-state index contributed by atoms with van der Waals surface area (Å²) in [7, 11) is 0. The zero-order valence-corrected chi connectivity index (χ0v) is 20.0. The van der Waals surface area contributed by atoms with Gasteiger partial charge in [-0.2, -0.15) is 0 Å². The van der Waals surface area contributed by atoms with Gasteiger partial charge in [0.2, 0.25) is 12.2 Å². The van der Waals surface area contributed by atoms with E-state index in [9.17, 15) is 14.4 Å². The second-order valence-electron chi connectivity index (χ2n) is 9.21. The van der Waals surface area contributed by atoms with E-state index in [2.05, 4.69) is 9.98 Å². The minimum atomic E-state index is -0.0255. The molecule has 1 heterocycles. The number of hydrogen-bond donors (Lipinski definition) is 2. The molecule has 33 heavy (non-hydrogen) atoms. The molecule has 0 aromatic rings. The Balaban J connectivity index is 0.000000319. The molecule has 3 fully saturated rings. The van der Waals surface area contributed by atoms with Crippen LogP contribution in [0.2, 0.25) is 0 Å². The van der Waals surface area contributed by atoms with Gasteiger partial charge in [-0.3, -0.25) is 4.79 Å². The lowest BCUT2D eigenvalue weighted by Gasteiger charge is -2.31. The third-order valence-electron chi connectivity index (χ3n) is 6.62. The minimum Gasteiger partial charge on any atom is -0.466 e. The standard InChI is InChI=1S/C15H22N2O2.C6H10O2.C4H10O2/c18-10-16-14-5-1-12(2-6-14)9-13-3-7-15(8-4-13)17-11-19;7-6-4-2-1-3-5-8-6;5-3-1-2-4-6/h12-15H,1-9H2;1-5H2;5-6H,1-4H2. The molecular weight excluding hydrogens is 424 g/mol. The Hall–Kier alpha value is -1.85. The summed E-state index contributed by atoms with van der Waals surface area (Å²) in [5, 5.41) is 16.2. The van der Waals surface area contributed by atoms with Crippen LogP contribution in [0.1, 0.15) is 96.3 Å². The first-order chi connectivity index (χ1) is 16.1. The van der Waals surface area contributed by atoms with E-state index in [4.69, 9.17) is 14.9 Å². The Morgan fingerprint density at radius 3 is 1.67 bits per heavy atom. The number of aliphatic hydroxyl groups is 2. The van der Waals surface area contributed by atoms with Crippen LogP contribution in [0.4, 0.5) is 0 Å². The van der Waals surface area contributed by atoms with Crippen LogP contribution in [-0.2, 0) is 19.1 Å². The van der Waals surface area contributed by atoms with Crippen molar-refractivity contribution in [2.45, 2.75) is 108 Å². The quantitative estimate of drug-likeness (QED) is 0.253. The maximum Gasteiger partial charge on any atom is 0.305 e. The molecule has 0 unspecified atom stereocenters. The summed E-state index contributed by atoms with van der Waals surface area (Å²) in [6, 6.07) is 0.456. The summed E-state index contributed by atoms with van der Waals surface area (Å²) in [4.78, 5) is 38.6. The molecule has 2 N–H and O–H groups in total. The lowest BCUT2D eigenvalue weighted by atomic mass is 9.76. The van der Waals surface area contributed by atoms with Crippen molar-refractivity contribution >= 4 is 18.1 Å². The van der Waals surface area contributed by atoms with Crippen LogP contribution in [0.15, 0.2) is 9.98 Å². The predicted molar refractivity (Wildman–Crippen MR) is 125 cm³/mol. The molecule has 3 aliphatic rings. The molecule has 1 aliphatic heterocycles. The highest BCUT2D eigenvalue weighted by atomic mass is 16.5. The average molecular weight is 467 g/mol. The highest BCUT2D eigenvalue weighted by Gasteiger charge is 2.26. The number of carbonyl (C=O) groups is 1. The molecule has 0 atom stereocenters. The van der Waals surface area contributed by atoms with Crippen molar-refractivity contribution < 1.29 is 29.3 Å². The van der Waals surface area contributed by atoms with E-state index in [0.29, 0.717) is 13.0 Å². The SMILES string of the molecule is O=C1CCCCCO1.O=C=NC1CCC(CC2CCC(N=C=O)CC2)CC1.OCCCCO. The van der Waals surface area contributed by atoms with Gasteiger partial charge in [-0.25, -0.2) is 19.6 Å². The average Bonchev–Trinajstić information content (AvgIpc) is 3.09. The van der Waals surface area contributed by atoms with Gasteiger partial charge in [0.15, 0.2) is 0 Å². The number of rotatable bonds is 7. The molecule has 0 spiro atoms. The Bertz CT molecular complexity index is 550. The Morgan fingerprint density at radius 1 is 0.758 bits per heavy atom. The van der Waals surface area contributed by atoms with Crippen LogP contribution < -0.4 is 0 Å². The lowest BCUT2D eigenvalue weighted by Crippen LogP contribution is -2.23. The van der Waals surface area contributed by atoms with Crippen LogP contribution in [0.25, 0.3) is 0 Å². The molecule has 1 saturated heterocycles. The molecule has 0 bridgehead atoms. The maximum absolute atomic E-state index is 10.5. The number of unbranched alkanes of at least 4 members (excludes halogenated alkanes) is 1. The van der Waals surface area contributed by atoms with Crippen LogP contribution >= 0.6 is 0 Å². The van der Waals surface area contributed by atoms with Gasteiger partial charge < -0.3 is 14.9 Å². The van der Waals surface area contributed by atoms with Crippen molar-refractivity contribution in [3.8, 4) is 0 Å². The molecular formula is C25H42N2O6. The van der Waals surface area contributed by atoms with Crippen LogP contribution in [0, 0.1) is 11.8 Å². The molecule has 0 aromatic carbocycles. The van der Waals surface area contributed by atoms with Gasteiger partial charge >= 0.3 is 5.97 Å². The van der Waals surface area contributed by atoms with Gasteiger partial charge in [-0.15, -0.1) is 0 Å². The minimum absolute atomic E-state index is 0.0255. The number of hydrogen-bond acceptors (Lipinski definition) is 8.